The summed E-state index contributed by atoms with van der Waals surface area (Å²) in [4.78, 5) is 16.7. The molecule has 1 fully saturated rings. The molecule has 3 aromatic rings. The lowest BCUT2D eigenvalue weighted by Crippen LogP contribution is -2.40. The Kier molecular flexibility index (Phi) is 5.42. The predicted molar refractivity (Wildman–Crippen MR) is 130 cm³/mol. The number of hydrogen-bond acceptors (Lipinski definition) is 10. The summed E-state index contributed by atoms with van der Waals surface area (Å²) in [6, 6.07) is 11.9. The minimum atomic E-state index is 0.221. The number of rotatable bonds is 4. The zero-order valence-electron chi connectivity index (χ0n) is 18.6. The van der Waals surface area contributed by atoms with E-state index >= 15 is 0 Å². The Morgan fingerprint density at radius 3 is 2.61 bits per heavy atom. The van der Waals surface area contributed by atoms with E-state index in [1.165, 1.54) is 0 Å². The van der Waals surface area contributed by atoms with Gasteiger partial charge < -0.3 is 21.4 Å². The van der Waals surface area contributed by atoms with Gasteiger partial charge in [-0.3, -0.25) is 5.01 Å². The van der Waals surface area contributed by atoms with Crippen LogP contribution >= 0.6 is 0 Å². The van der Waals surface area contributed by atoms with Gasteiger partial charge in [-0.2, -0.15) is 10.2 Å². The number of fused-ring (bicyclic) bond motifs is 1. The van der Waals surface area contributed by atoms with Gasteiger partial charge in [-0.1, -0.05) is 12.1 Å². The van der Waals surface area contributed by atoms with E-state index in [0.29, 0.717) is 11.5 Å². The van der Waals surface area contributed by atoms with Crippen molar-refractivity contribution in [3.05, 3.63) is 42.1 Å². The molecule has 0 bridgehead atoms. The first-order valence-electron chi connectivity index (χ1n) is 10.9. The van der Waals surface area contributed by atoms with E-state index < -0.39 is 0 Å². The molecule has 1 saturated heterocycles. The average molecular weight is 443 g/mol. The van der Waals surface area contributed by atoms with Gasteiger partial charge in [-0.15, -0.1) is 5.53 Å². The second kappa shape index (κ2) is 8.54. The number of benzene rings is 1. The van der Waals surface area contributed by atoms with Crippen molar-refractivity contribution < 1.29 is 0 Å². The first kappa shape index (κ1) is 20.9. The number of hydrazine groups is 2. The molecule has 0 atom stereocenters. The van der Waals surface area contributed by atoms with E-state index in [0.717, 1.165) is 65.6 Å². The molecule has 10 heteroatoms. The maximum absolute atomic E-state index is 9.23. The third kappa shape index (κ3) is 3.88. The zero-order valence-corrected chi connectivity index (χ0v) is 18.6. The number of hydrogen-bond donors (Lipinski definition) is 4. The normalized spacial score (nSPS) is 15.7. The number of aromatic nitrogens is 3. The number of nitrogens with one attached hydrogen (secondary N) is 3. The van der Waals surface area contributed by atoms with E-state index in [1.54, 1.807) is 12.1 Å². The molecule has 2 aliphatic heterocycles. The van der Waals surface area contributed by atoms with Gasteiger partial charge in [0.25, 0.3) is 0 Å². The molecule has 33 heavy (non-hydrogen) atoms. The van der Waals surface area contributed by atoms with E-state index in [9.17, 15) is 5.26 Å². The fourth-order valence-corrected chi connectivity index (χ4v) is 4.21. The standard InChI is InChI=1S/C23H26N10/c1-26-21-19(16-11-18-22(27-13-16)32(2)31-30-18)20(15-5-3-14(12-24)4-6-15)28-23(29-21)33-9-7-17(25)8-10-33/h3-6,11,13,17,30-31H,7-10,25H2,1-2H3,(H,26,28,29). The van der Waals surface area contributed by atoms with Crippen LogP contribution in [0.25, 0.3) is 22.4 Å². The van der Waals surface area contributed by atoms with Gasteiger partial charge in [0.15, 0.2) is 5.82 Å². The summed E-state index contributed by atoms with van der Waals surface area (Å²) >= 11 is 0. The van der Waals surface area contributed by atoms with Crippen LogP contribution in [0, 0.1) is 11.3 Å². The Labute approximate surface area is 192 Å². The molecular weight excluding hydrogens is 416 g/mol. The highest BCUT2D eigenvalue weighted by atomic mass is 15.7. The van der Waals surface area contributed by atoms with Crippen LogP contribution < -0.4 is 31.9 Å². The third-order valence-corrected chi connectivity index (χ3v) is 6.08. The second-order valence-corrected chi connectivity index (χ2v) is 8.25. The summed E-state index contributed by atoms with van der Waals surface area (Å²) in [5.41, 5.74) is 17.2. The highest BCUT2D eigenvalue weighted by molar-refractivity contribution is 5.91. The highest BCUT2D eigenvalue weighted by Gasteiger charge is 2.25. The summed E-state index contributed by atoms with van der Waals surface area (Å²) < 4.78 is 0. The van der Waals surface area contributed by atoms with Gasteiger partial charge in [0, 0.05) is 50.6 Å². The Morgan fingerprint density at radius 1 is 1.15 bits per heavy atom. The van der Waals surface area contributed by atoms with E-state index in [1.807, 2.05) is 43.5 Å². The lowest BCUT2D eigenvalue weighted by molar-refractivity contribution is 0.496. The van der Waals surface area contributed by atoms with E-state index in [2.05, 4.69) is 32.2 Å². The number of piperidine rings is 1. The van der Waals surface area contributed by atoms with Crippen LogP contribution in [0.3, 0.4) is 0 Å². The van der Waals surface area contributed by atoms with Crippen LogP contribution in [-0.2, 0) is 0 Å². The maximum Gasteiger partial charge on any atom is 0.227 e. The van der Waals surface area contributed by atoms with Crippen LogP contribution in [-0.4, -0.2) is 48.2 Å². The van der Waals surface area contributed by atoms with Crippen LogP contribution in [0.15, 0.2) is 36.5 Å². The summed E-state index contributed by atoms with van der Waals surface area (Å²) in [7, 11) is 3.76. The van der Waals surface area contributed by atoms with E-state index in [-0.39, 0.29) is 6.04 Å². The Bertz CT molecular complexity index is 1210. The molecule has 2 aliphatic rings. The molecule has 10 nitrogen and oxygen atoms in total. The molecule has 4 heterocycles. The maximum atomic E-state index is 9.23. The number of anilines is 4. The van der Waals surface area contributed by atoms with Crippen LogP contribution in [0.4, 0.5) is 23.3 Å². The molecule has 0 aliphatic carbocycles. The zero-order chi connectivity index (χ0) is 22.9. The van der Waals surface area contributed by atoms with Crippen LogP contribution in [0.1, 0.15) is 18.4 Å². The topological polar surface area (TPSA) is 131 Å². The van der Waals surface area contributed by atoms with Crippen LogP contribution in [0.2, 0.25) is 0 Å². The number of nitrogens with zero attached hydrogens (tertiary/aromatic N) is 6. The SMILES string of the molecule is CNc1nc(N2CCC(N)CC2)nc(-c2ccc(C#N)cc2)c1-c1cnc2c(c1)NNN2C. The van der Waals surface area contributed by atoms with Gasteiger partial charge in [0.2, 0.25) is 5.95 Å². The quantitative estimate of drug-likeness (QED) is 0.477. The van der Waals surface area contributed by atoms with E-state index in [4.69, 9.17) is 15.7 Å². The number of nitriles is 1. The molecular formula is C23H26N10. The second-order valence-electron chi connectivity index (χ2n) is 8.25. The van der Waals surface area contributed by atoms with Crippen molar-refractivity contribution in [2.24, 2.45) is 5.73 Å². The monoisotopic (exact) mass is 442 g/mol. The average Bonchev–Trinajstić information content (AvgIpc) is 3.23. The molecule has 1 aromatic carbocycles. The molecule has 0 radical (unpaired) electrons. The van der Waals surface area contributed by atoms with Gasteiger partial charge in [0.05, 0.1) is 28.6 Å². The van der Waals surface area contributed by atoms with Crippen molar-refractivity contribution in [1.29, 1.82) is 5.26 Å². The van der Waals surface area contributed by atoms with Crippen molar-refractivity contribution >= 4 is 23.3 Å². The van der Waals surface area contributed by atoms with Crippen molar-refractivity contribution in [3.63, 3.8) is 0 Å². The van der Waals surface area contributed by atoms with Crippen molar-refractivity contribution in [3.8, 4) is 28.5 Å². The smallest absolute Gasteiger partial charge is 0.227 e. The predicted octanol–water partition coefficient (Wildman–Crippen LogP) is 2.33. The van der Waals surface area contributed by atoms with Crippen molar-refractivity contribution in [2.45, 2.75) is 18.9 Å². The van der Waals surface area contributed by atoms with Crippen molar-refractivity contribution in [2.75, 3.05) is 47.8 Å². The summed E-state index contributed by atoms with van der Waals surface area (Å²) in [6.07, 6.45) is 3.65. The molecule has 0 amide bonds. The molecule has 5 rings (SSSR count). The Hall–Kier alpha value is -3.94. The Morgan fingerprint density at radius 2 is 1.91 bits per heavy atom. The van der Waals surface area contributed by atoms with Crippen LogP contribution in [0.5, 0.6) is 0 Å². The lowest BCUT2D eigenvalue weighted by atomic mass is 9.99. The molecule has 168 valence electrons. The summed E-state index contributed by atoms with van der Waals surface area (Å²) in [6.45, 7) is 1.64. The van der Waals surface area contributed by atoms with Gasteiger partial charge in [0.1, 0.15) is 5.82 Å². The van der Waals surface area contributed by atoms with Gasteiger partial charge >= 0.3 is 0 Å². The summed E-state index contributed by atoms with van der Waals surface area (Å²) in [5, 5.41) is 14.3. The minimum absolute atomic E-state index is 0.221. The minimum Gasteiger partial charge on any atom is -0.372 e. The van der Waals surface area contributed by atoms with Gasteiger partial charge in [-0.05, 0) is 31.0 Å². The lowest BCUT2D eigenvalue weighted by Gasteiger charge is -2.31. The highest BCUT2D eigenvalue weighted by Crippen LogP contribution is 2.40. The Balaban J connectivity index is 1.67. The van der Waals surface area contributed by atoms with Crippen molar-refractivity contribution in [1.82, 2.24) is 20.5 Å². The molecule has 0 unspecified atom stereocenters. The largest absolute Gasteiger partial charge is 0.372 e. The molecule has 2 aromatic heterocycles. The fraction of sp³-hybridized carbons (Fsp3) is 0.304. The number of pyridine rings is 1. The summed E-state index contributed by atoms with van der Waals surface area (Å²) in [5.74, 6) is 2.20. The molecule has 5 N–H and O–H groups in total. The first-order valence-corrected chi connectivity index (χ1v) is 10.9. The fourth-order valence-electron chi connectivity index (χ4n) is 4.21. The third-order valence-electron chi connectivity index (χ3n) is 6.08. The molecule has 0 saturated carbocycles. The first-order chi connectivity index (χ1) is 16.1. The van der Waals surface area contributed by atoms with Gasteiger partial charge in [-0.25, -0.2) is 9.97 Å². The number of nitrogens with two attached hydrogens (primary N) is 1. The molecule has 0 spiro atoms.